The van der Waals surface area contributed by atoms with Crippen LogP contribution in [0.5, 0.6) is 0 Å². The molecule has 0 aliphatic heterocycles. The molecule has 0 fully saturated rings. The summed E-state index contributed by atoms with van der Waals surface area (Å²) in [5.41, 5.74) is 0. The maximum absolute atomic E-state index is 7.00. The van der Waals surface area contributed by atoms with Gasteiger partial charge in [-0.2, -0.15) is 36.4 Å². The van der Waals surface area contributed by atoms with Crippen molar-refractivity contribution in [1.29, 1.82) is 0 Å². The maximum atomic E-state index is 7.00. The largest absolute Gasteiger partial charge is 0.400 e. The van der Waals surface area contributed by atoms with Gasteiger partial charge >= 0.3 is 0 Å². The predicted octanol–water partition coefficient (Wildman–Crippen LogP) is 2.51. The summed E-state index contributed by atoms with van der Waals surface area (Å²) < 4.78 is 0. The Morgan fingerprint density at radius 1 is 1.00 bits per heavy atom. The fraction of sp³-hybridized carbons (Fsp3) is 0.400. The number of hydrogen-bond donors (Lipinski definition) is 1. The van der Waals surface area contributed by atoms with Crippen molar-refractivity contribution in [2.24, 2.45) is 0 Å². The van der Waals surface area contributed by atoms with Gasteiger partial charge in [0.1, 0.15) is 0 Å². The average molecular weight is 209 g/mol. The van der Waals surface area contributed by atoms with Gasteiger partial charge in [0, 0.05) is 24.2 Å². The molecule has 0 amide bonds. The van der Waals surface area contributed by atoms with Crippen LogP contribution in [-0.2, 0) is 17.1 Å². The molecule has 1 N–H and O–H groups in total. The van der Waals surface area contributed by atoms with E-state index in [1.807, 2.05) is 30.3 Å². The zero-order valence-corrected chi connectivity index (χ0v) is 9.00. The number of aliphatic hydroxyl groups excluding tert-OH is 1. The molecule has 0 aromatic heterocycles. The van der Waals surface area contributed by atoms with Gasteiger partial charge < -0.3 is 5.11 Å². The van der Waals surface area contributed by atoms with E-state index in [1.165, 1.54) is 6.42 Å². The van der Waals surface area contributed by atoms with E-state index in [9.17, 15) is 0 Å². The third-order valence-corrected chi connectivity index (χ3v) is 0.607. The molecule has 0 saturated heterocycles. The summed E-state index contributed by atoms with van der Waals surface area (Å²) in [6.07, 6.45) is 1.25. The topological polar surface area (TPSA) is 20.2 Å². The minimum atomic E-state index is 0. The van der Waals surface area contributed by atoms with Crippen LogP contribution < -0.4 is 0 Å². The zero-order valence-electron chi connectivity index (χ0n) is 7.89. The number of rotatable bonds is 0. The van der Waals surface area contributed by atoms with E-state index in [0.717, 1.165) is 7.11 Å². The summed E-state index contributed by atoms with van der Waals surface area (Å²) in [5.74, 6) is 0. The molecule has 0 aliphatic carbocycles. The normalized spacial score (nSPS) is 6.00. The van der Waals surface area contributed by atoms with Crippen molar-refractivity contribution >= 4 is 0 Å². The summed E-state index contributed by atoms with van der Waals surface area (Å²) in [5, 5.41) is 7.00. The Morgan fingerprint density at radius 3 is 1.42 bits per heavy atom. The summed E-state index contributed by atoms with van der Waals surface area (Å²) in [4.78, 5) is 0. The molecular weight excluding hydrogens is 192 g/mol. The molecule has 12 heavy (non-hydrogen) atoms. The van der Waals surface area contributed by atoms with Crippen LogP contribution in [0.4, 0.5) is 0 Å². The van der Waals surface area contributed by atoms with Crippen LogP contribution >= 0.6 is 0 Å². The minimum Gasteiger partial charge on any atom is -0.400 e. The Morgan fingerprint density at radius 2 is 1.33 bits per heavy atom. The molecule has 0 aliphatic rings. The van der Waals surface area contributed by atoms with Gasteiger partial charge in [-0.1, -0.05) is 20.3 Å². The number of aliphatic hydroxyl groups is 1. The molecular formula is C10H17FeO-. The van der Waals surface area contributed by atoms with Crippen LogP contribution in [0.25, 0.3) is 0 Å². The van der Waals surface area contributed by atoms with Gasteiger partial charge in [0.25, 0.3) is 0 Å². The van der Waals surface area contributed by atoms with Gasteiger partial charge in [0.15, 0.2) is 0 Å². The molecule has 1 aromatic rings. The molecule has 0 radical (unpaired) electrons. The zero-order chi connectivity index (χ0) is 8.95. The molecule has 1 nitrogen and oxygen atoms in total. The molecule has 0 heterocycles. The van der Waals surface area contributed by atoms with Crippen LogP contribution in [-0.4, -0.2) is 12.2 Å². The van der Waals surface area contributed by atoms with Crippen molar-refractivity contribution in [1.82, 2.24) is 0 Å². The Bertz CT molecular complexity index is 92.7. The standard InChI is InChI=1S/C6H5.C3H8.CH4O.Fe/c1-2-4-6-5-3-1;1-3-2;1-2;/h1-5H;3H2,1-2H3;2H,1H3;/q-1;;;. The second kappa shape index (κ2) is 22.4. The van der Waals surface area contributed by atoms with Gasteiger partial charge in [-0.3, -0.25) is 0 Å². The first-order chi connectivity index (χ1) is 5.41. The number of benzene rings is 1. The van der Waals surface area contributed by atoms with Crippen molar-refractivity contribution in [3.8, 4) is 0 Å². The van der Waals surface area contributed by atoms with Crippen LogP contribution in [0.2, 0.25) is 0 Å². The Balaban J connectivity index is -0.000000119. The minimum absolute atomic E-state index is 0. The fourth-order valence-corrected chi connectivity index (χ4v) is 0.342. The van der Waals surface area contributed by atoms with Gasteiger partial charge in [-0.25, -0.2) is 0 Å². The smallest absolute Gasteiger partial charge is 0.0319 e. The maximum Gasteiger partial charge on any atom is 0.0319 e. The summed E-state index contributed by atoms with van der Waals surface area (Å²) in [6, 6.07) is 12.5. The third kappa shape index (κ3) is 22.6. The third-order valence-electron chi connectivity index (χ3n) is 0.607. The Hall–Kier alpha value is -0.301. The molecule has 0 bridgehead atoms. The molecule has 0 unspecified atom stereocenters. The van der Waals surface area contributed by atoms with E-state index in [2.05, 4.69) is 19.9 Å². The first-order valence-electron chi connectivity index (χ1n) is 3.77. The van der Waals surface area contributed by atoms with Crippen LogP contribution in [0.1, 0.15) is 20.3 Å². The van der Waals surface area contributed by atoms with Crippen molar-refractivity contribution in [2.45, 2.75) is 20.3 Å². The van der Waals surface area contributed by atoms with Crippen LogP contribution in [0.15, 0.2) is 30.3 Å². The SMILES string of the molecule is CCC.CO.[Fe].[c-]1ccccc1. The van der Waals surface area contributed by atoms with E-state index >= 15 is 0 Å². The van der Waals surface area contributed by atoms with Gasteiger partial charge in [0.05, 0.1) is 0 Å². The second-order valence-electron chi connectivity index (χ2n) is 1.78. The quantitative estimate of drug-likeness (QED) is 0.514. The Kier molecular flexibility index (Phi) is 33.1. The monoisotopic (exact) mass is 209 g/mol. The first-order valence-corrected chi connectivity index (χ1v) is 3.77. The first kappa shape index (κ1) is 17.7. The molecule has 0 saturated carbocycles. The van der Waals surface area contributed by atoms with Crippen molar-refractivity contribution in [2.75, 3.05) is 7.11 Å². The van der Waals surface area contributed by atoms with Crippen LogP contribution in [0.3, 0.4) is 0 Å². The molecule has 1 rings (SSSR count). The fourth-order valence-electron chi connectivity index (χ4n) is 0.342. The Labute approximate surface area is 86.3 Å². The number of hydrogen-bond acceptors (Lipinski definition) is 1. The van der Waals surface area contributed by atoms with E-state index in [1.54, 1.807) is 0 Å². The molecule has 1 aromatic carbocycles. The van der Waals surface area contributed by atoms with Gasteiger partial charge in [-0.05, 0) is 0 Å². The van der Waals surface area contributed by atoms with E-state index in [0.29, 0.717) is 0 Å². The summed E-state index contributed by atoms with van der Waals surface area (Å²) in [6.45, 7) is 4.25. The van der Waals surface area contributed by atoms with Crippen molar-refractivity contribution in [3.63, 3.8) is 0 Å². The second-order valence-corrected chi connectivity index (χ2v) is 1.78. The van der Waals surface area contributed by atoms with Crippen molar-refractivity contribution in [3.05, 3.63) is 36.4 Å². The molecule has 0 spiro atoms. The van der Waals surface area contributed by atoms with E-state index < -0.39 is 0 Å². The van der Waals surface area contributed by atoms with Crippen molar-refractivity contribution < 1.29 is 22.2 Å². The van der Waals surface area contributed by atoms with E-state index in [-0.39, 0.29) is 17.1 Å². The molecule has 0 atom stereocenters. The summed E-state index contributed by atoms with van der Waals surface area (Å²) in [7, 11) is 1.00. The summed E-state index contributed by atoms with van der Waals surface area (Å²) >= 11 is 0. The van der Waals surface area contributed by atoms with E-state index in [4.69, 9.17) is 5.11 Å². The van der Waals surface area contributed by atoms with Crippen LogP contribution in [0, 0.1) is 6.07 Å². The molecule has 72 valence electrons. The van der Waals surface area contributed by atoms with Gasteiger partial charge in [0.2, 0.25) is 0 Å². The average Bonchev–Trinajstić information content (AvgIpc) is 2.12. The molecule has 2 heteroatoms. The van der Waals surface area contributed by atoms with Gasteiger partial charge in [-0.15, -0.1) is 0 Å². The predicted molar refractivity (Wildman–Crippen MR) is 49.4 cm³/mol.